The Morgan fingerprint density at radius 3 is 2.42 bits per heavy atom. The third-order valence-corrected chi connectivity index (χ3v) is 3.23. The Balaban J connectivity index is 1.94. The fourth-order valence-corrected chi connectivity index (χ4v) is 2.56. The maximum absolute atomic E-state index is 11.3. The molecular formula is C9H16N2O. The summed E-state index contributed by atoms with van der Waals surface area (Å²) < 4.78 is 0. The van der Waals surface area contributed by atoms with E-state index in [1.165, 1.54) is 19.3 Å². The van der Waals surface area contributed by atoms with E-state index >= 15 is 0 Å². The lowest BCUT2D eigenvalue weighted by Gasteiger charge is -2.15. The van der Waals surface area contributed by atoms with Crippen LogP contribution in [-0.2, 0) is 0 Å². The summed E-state index contributed by atoms with van der Waals surface area (Å²) in [6.07, 6.45) is 4.03. The number of carbonyl (C=O) groups excluding carboxylic acids is 1. The molecule has 2 fully saturated rings. The van der Waals surface area contributed by atoms with Crippen molar-refractivity contribution < 1.29 is 4.79 Å². The van der Waals surface area contributed by atoms with Gasteiger partial charge in [-0.3, -0.25) is 0 Å². The first-order valence-corrected chi connectivity index (χ1v) is 4.78. The van der Waals surface area contributed by atoms with E-state index in [2.05, 4.69) is 5.32 Å². The van der Waals surface area contributed by atoms with Crippen LogP contribution in [0.5, 0.6) is 0 Å². The Morgan fingerprint density at radius 2 is 1.92 bits per heavy atom. The molecule has 12 heavy (non-hydrogen) atoms. The van der Waals surface area contributed by atoms with Gasteiger partial charge in [-0.2, -0.15) is 0 Å². The van der Waals surface area contributed by atoms with Crippen molar-refractivity contribution >= 4 is 6.03 Å². The second kappa shape index (κ2) is 2.96. The van der Waals surface area contributed by atoms with Gasteiger partial charge in [0, 0.05) is 20.1 Å². The zero-order valence-corrected chi connectivity index (χ0v) is 7.55. The Bertz CT molecular complexity index is 181. The van der Waals surface area contributed by atoms with Gasteiger partial charge >= 0.3 is 6.03 Å². The number of amides is 2. The zero-order valence-electron chi connectivity index (χ0n) is 7.55. The van der Waals surface area contributed by atoms with Gasteiger partial charge in [0.2, 0.25) is 0 Å². The molecule has 3 nitrogen and oxygen atoms in total. The van der Waals surface area contributed by atoms with Gasteiger partial charge in [0.1, 0.15) is 0 Å². The second-order valence-electron chi connectivity index (χ2n) is 3.91. The molecule has 0 spiro atoms. The molecule has 0 radical (unpaired) electrons. The quantitative estimate of drug-likeness (QED) is 0.576. The average Bonchev–Trinajstić information content (AvgIpc) is 2.60. The van der Waals surface area contributed by atoms with Gasteiger partial charge in [0.15, 0.2) is 0 Å². The minimum absolute atomic E-state index is 0.101. The van der Waals surface area contributed by atoms with Gasteiger partial charge in [-0.15, -0.1) is 0 Å². The Labute approximate surface area is 73.1 Å². The highest BCUT2D eigenvalue weighted by molar-refractivity contribution is 5.74. The molecule has 68 valence electrons. The van der Waals surface area contributed by atoms with Crippen LogP contribution in [0, 0.1) is 11.8 Å². The van der Waals surface area contributed by atoms with E-state index in [0.29, 0.717) is 0 Å². The average molecular weight is 168 g/mol. The van der Waals surface area contributed by atoms with Crippen LogP contribution in [0.2, 0.25) is 0 Å². The molecule has 1 heterocycles. The van der Waals surface area contributed by atoms with Crippen LogP contribution >= 0.6 is 0 Å². The molecule has 1 saturated carbocycles. The summed E-state index contributed by atoms with van der Waals surface area (Å²) in [7, 11) is 1.70. The van der Waals surface area contributed by atoms with E-state index in [1.807, 2.05) is 4.90 Å². The summed E-state index contributed by atoms with van der Waals surface area (Å²) in [5.41, 5.74) is 0. The number of nitrogens with one attached hydrogen (secondary N) is 1. The highest BCUT2D eigenvalue weighted by atomic mass is 16.2. The van der Waals surface area contributed by atoms with E-state index < -0.39 is 0 Å². The molecule has 0 aromatic heterocycles. The van der Waals surface area contributed by atoms with Crippen LogP contribution in [0.25, 0.3) is 0 Å². The number of carbonyl (C=O) groups is 1. The third kappa shape index (κ3) is 1.17. The van der Waals surface area contributed by atoms with E-state index in [9.17, 15) is 4.79 Å². The van der Waals surface area contributed by atoms with Crippen molar-refractivity contribution in [3.05, 3.63) is 0 Å². The zero-order chi connectivity index (χ0) is 8.55. The number of urea groups is 1. The van der Waals surface area contributed by atoms with Gasteiger partial charge in [-0.25, -0.2) is 4.79 Å². The smallest absolute Gasteiger partial charge is 0.317 e. The number of rotatable bonds is 0. The minimum atomic E-state index is 0.101. The monoisotopic (exact) mass is 168 g/mol. The summed E-state index contributed by atoms with van der Waals surface area (Å²) in [6, 6.07) is 0.101. The van der Waals surface area contributed by atoms with Crippen molar-refractivity contribution in [2.45, 2.75) is 19.3 Å². The largest absolute Gasteiger partial charge is 0.341 e. The van der Waals surface area contributed by atoms with Gasteiger partial charge < -0.3 is 10.2 Å². The molecule has 1 saturated heterocycles. The number of hydrogen-bond acceptors (Lipinski definition) is 1. The van der Waals surface area contributed by atoms with E-state index in [4.69, 9.17) is 0 Å². The lowest BCUT2D eigenvalue weighted by Crippen LogP contribution is -2.36. The van der Waals surface area contributed by atoms with Crippen molar-refractivity contribution in [3.8, 4) is 0 Å². The molecule has 2 aliphatic rings. The van der Waals surface area contributed by atoms with Crippen molar-refractivity contribution in [1.29, 1.82) is 0 Å². The lowest BCUT2D eigenvalue weighted by atomic mass is 10.0. The first-order chi connectivity index (χ1) is 5.81. The summed E-state index contributed by atoms with van der Waals surface area (Å²) in [6.45, 7) is 1.98. The van der Waals surface area contributed by atoms with Crippen LogP contribution in [0.3, 0.4) is 0 Å². The van der Waals surface area contributed by atoms with E-state index in [0.717, 1.165) is 24.9 Å². The molecule has 2 unspecified atom stereocenters. The predicted octanol–water partition coefficient (Wildman–Crippen LogP) is 1.06. The molecule has 3 heteroatoms. The lowest BCUT2D eigenvalue weighted by molar-refractivity contribution is 0.207. The Hall–Kier alpha value is -0.730. The minimum Gasteiger partial charge on any atom is -0.341 e. The number of likely N-dealkylation sites (tertiary alicyclic amines) is 1. The molecule has 0 bridgehead atoms. The molecule has 2 rings (SSSR count). The number of hydrogen-bond donors (Lipinski definition) is 1. The summed E-state index contributed by atoms with van der Waals surface area (Å²) in [5.74, 6) is 1.62. The second-order valence-corrected chi connectivity index (χ2v) is 3.91. The maximum atomic E-state index is 11.3. The van der Waals surface area contributed by atoms with Crippen LogP contribution in [0.1, 0.15) is 19.3 Å². The summed E-state index contributed by atoms with van der Waals surface area (Å²) >= 11 is 0. The Kier molecular flexibility index (Phi) is 1.95. The van der Waals surface area contributed by atoms with Crippen molar-refractivity contribution in [2.24, 2.45) is 11.8 Å². The van der Waals surface area contributed by atoms with E-state index in [1.54, 1.807) is 7.05 Å². The van der Waals surface area contributed by atoms with Crippen molar-refractivity contribution in [1.82, 2.24) is 10.2 Å². The normalized spacial score (nSPS) is 33.6. The number of nitrogens with zero attached hydrogens (tertiary/aromatic N) is 1. The molecule has 1 aliphatic carbocycles. The molecular weight excluding hydrogens is 152 g/mol. The number of fused-ring (bicyclic) bond motifs is 1. The molecule has 1 N–H and O–H groups in total. The van der Waals surface area contributed by atoms with Crippen LogP contribution in [-0.4, -0.2) is 31.1 Å². The van der Waals surface area contributed by atoms with Gasteiger partial charge in [0.05, 0.1) is 0 Å². The SMILES string of the molecule is CNC(=O)N1CC2CCCC2C1. The van der Waals surface area contributed by atoms with E-state index in [-0.39, 0.29) is 6.03 Å². The Morgan fingerprint density at radius 1 is 1.33 bits per heavy atom. The van der Waals surface area contributed by atoms with Crippen LogP contribution in [0.15, 0.2) is 0 Å². The molecule has 2 atom stereocenters. The first-order valence-electron chi connectivity index (χ1n) is 4.78. The van der Waals surface area contributed by atoms with Crippen LogP contribution in [0.4, 0.5) is 4.79 Å². The molecule has 0 aromatic carbocycles. The standard InChI is InChI=1S/C9H16N2O/c1-10-9(12)11-5-7-3-2-4-8(7)6-11/h7-8H,2-6H2,1H3,(H,10,12). The van der Waals surface area contributed by atoms with Gasteiger partial charge in [-0.1, -0.05) is 6.42 Å². The van der Waals surface area contributed by atoms with Gasteiger partial charge in [0.25, 0.3) is 0 Å². The predicted molar refractivity (Wildman–Crippen MR) is 46.9 cm³/mol. The van der Waals surface area contributed by atoms with Crippen molar-refractivity contribution in [3.63, 3.8) is 0 Å². The van der Waals surface area contributed by atoms with Crippen molar-refractivity contribution in [2.75, 3.05) is 20.1 Å². The fourth-order valence-electron chi connectivity index (χ4n) is 2.56. The fraction of sp³-hybridized carbons (Fsp3) is 0.889. The molecule has 1 aliphatic heterocycles. The first kappa shape index (κ1) is 7.90. The highest BCUT2D eigenvalue weighted by Crippen LogP contribution is 2.37. The topological polar surface area (TPSA) is 32.3 Å². The summed E-state index contributed by atoms with van der Waals surface area (Å²) in [4.78, 5) is 13.2. The molecule has 0 aromatic rings. The highest BCUT2D eigenvalue weighted by Gasteiger charge is 2.37. The van der Waals surface area contributed by atoms with Crippen LogP contribution < -0.4 is 5.32 Å². The molecule has 2 amide bonds. The summed E-state index contributed by atoms with van der Waals surface area (Å²) in [5, 5.41) is 2.68. The third-order valence-electron chi connectivity index (χ3n) is 3.23. The van der Waals surface area contributed by atoms with Gasteiger partial charge in [-0.05, 0) is 24.7 Å². The maximum Gasteiger partial charge on any atom is 0.317 e.